The van der Waals surface area contributed by atoms with E-state index in [0.29, 0.717) is 31.8 Å². The normalized spacial score (nSPS) is 20.1. The van der Waals surface area contributed by atoms with Crippen LogP contribution in [0.5, 0.6) is 0 Å². The maximum atomic E-state index is 13.2. The maximum absolute atomic E-state index is 13.2. The summed E-state index contributed by atoms with van der Waals surface area (Å²) < 4.78 is 39.4. The van der Waals surface area contributed by atoms with Crippen LogP contribution < -0.4 is 10.5 Å². The van der Waals surface area contributed by atoms with Crippen molar-refractivity contribution in [3.8, 4) is 0 Å². The number of anilines is 1. The number of fused-ring (bicyclic) bond motifs is 2. The van der Waals surface area contributed by atoms with Crippen molar-refractivity contribution in [2.45, 2.75) is 12.7 Å². The van der Waals surface area contributed by atoms with Crippen molar-refractivity contribution < 1.29 is 23.0 Å². The maximum Gasteiger partial charge on any atom is 0.416 e. The Bertz CT molecular complexity index is 1430. The molecule has 0 amide bonds. The molecule has 2 atom stereocenters. The molecule has 10 nitrogen and oxygen atoms in total. The number of nitrogens with zero attached hydrogens (tertiary/aromatic N) is 5. The number of nitro groups is 2. The lowest BCUT2D eigenvalue weighted by Crippen LogP contribution is -2.29. The molecule has 14 heteroatoms. The molecule has 0 N–H and O–H groups in total. The average molecular weight is 521 g/mol. The summed E-state index contributed by atoms with van der Waals surface area (Å²) in [6, 6.07) is 7.54. The lowest BCUT2D eigenvalue weighted by Gasteiger charge is -2.22. The van der Waals surface area contributed by atoms with Crippen LogP contribution in [0.25, 0.3) is 10.1 Å². The van der Waals surface area contributed by atoms with Crippen LogP contribution in [-0.4, -0.2) is 45.9 Å². The Kier molecular flexibility index (Phi) is 5.87. The number of likely N-dealkylation sites (tertiary alicyclic amines) is 1. The molecule has 0 aliphatic carbocycles. The zero-order chi connectivity index (χ0) is 25.8. The molecule has 2 aromatic carbocycles. The zero-order valence-corrected chi connectivity index (χ0v) is 19.3. The number of halogens is 3. The van der Waals surface area contributed by atoms with E-state index in [2.05, 4.69) is 9.88 Å². The molecule has 2 aliphatic heterocycles. The first-order valence-electron chi connectivity index (χ1n) is 10.9. The van der Waals surface area contributed by atoms with Gasteiger partial charge in [-0.05, 0) is 23.5 Å². The van der Waals surface area contributed by atoms with Crippen molar-refractivity contribution in [2.24, 2.45) is 11.8 Å². The highest BCUT2D eigenvalue weighted by Gasteiger charge is 2.41. The van der Waals surface area contributed by atoms with Crippen LogP contribution >= 0.6 is 11.3 Å². The smallest absolute Gasteiger partial charge is 0.347 e. The van der Waals surface area contributed by atoms with Gasteiger partial charge in [-0.25, -0.2) is 0 Å². The van der Waals surface area contributed by atoms with Crippen LogP contribution in [0, 0.1) is 32.1 Å². The number of aromatic nitrogens is 1. The van der Waals surface area contributed by atoms with E-state index >= 15 is 0 Å². The second-order valence-electron chi connectivity index (χ2n) is 8.97. The predicted octanol–water partition coefficient (Wildman–Crippen LogP) is 4.06. The van der Waals surface area contributed by atoms with Gasteiger partial charge in [0.05, 0.1) is 20.8 Å². The van der Waals surface area contributed by atoms with Gasteiger partial charge in [-0.3, -0.25) is 29.9 Å². The quantitative estimate of drug-likeness (QED) is 0.364. The minimum atomic E-state index is -4.84. The number of rotatable bonds is 5. The van der Waals surface area contributed by atoms with E-state index in [1.54, 1.807) is 12.1 Å². The molecule has 188 valence electrons. The van der Waals surface area contributed by atoms with Crippen LogP contribution in [-0.2, 0) is 12.7 Å². The Morgan fingerprint density at radius 2 is 1.72 bits per heavy atom. The van der Waals surface area contributed by atoms with E-state index < -0.39 is 38.2 Å². The Balaban J connectivity index is 1.36. The van der Waals surface area contributed by atoms with E-state index in [-0.39, 0.29) is 27.4 Å². The molecule has 0 radical (unpaired) electrons. The summed E-state index contributed by atoms with van der Waals surface area (Å²) in [6.45, 7) is 3.09. The van der Waals surface area contributed by atoms with Gasteiger partial charge < -0.3 is 4.90 Å². The molecule has 2 unspecified atom stereocenters. The molecular weight excluding hydrogens is 503 g/mol. The third-order valence-electron chi connectivity index (χ3n) is 6.57. The summed E-state index contributed by atoms with van der Waals surface area (Å²) in [7, 11) is 0. The summed E-state index contributed by atoms with van der Waals surface area (Å²) >= 11 is 0.847. The standard InChI is InChI=1S/C22H18F3N5O5S/c23-22(24,25)15-5-17-19(18(6-15)30(34)35)36-21(26-20(17)31)28-10-13-8-27(9-14(13)11-28)7-12-2-1-3-16(4-12)29(32)33/h1-6,13-14H,7-11H2. The fraction of sp³-hybridized carbons (Fsp3) is 0.364. The predicted molar refractivity (Wildman–Crippen MR) is 125 cm³/mol. The lowest BCUT2D eigenvalue weighted by atomic mass is 10.0. The third-order valence-corrected chi connectivity index (χ3v) is 7.74. The average Bonchev–Trinajstić information content (AvgIpc) is 3.36. The zero-order valence-electron chi connectivity index (χ0n) is 18.5. The van der Waals surface area contributed by atoms with E-state index in [0.717, 1.165) is 30.0 Å². The van der Waals surface area contributed by atoms with Gasteiger partial charge in [0.1, 0.15) is 4.70 Å². The number of non-ortho nitro benzene ring substituents is 2. The van der Waals surface area contributed by atoms with Crippen molar-refractivity contribution in [1.82, 2.24) is 9.88 Å². The molecule has 5 rings (SSSR count). The van der Waals surface area contributed by atoms with Gasteiger partial charge >= 0.3 is 6.18 Å². The monoisotopic (exact) mass is 521 g/mol. The number of alkyl halides is 3. The largest absolute Gasteiger partial charge is 0.416 e. The van der Waals surface area contributed by atoms with Gasteiger partial charge in [0.15, 0.2) is 5.13 Å². The van der Waals surface area contributed by atoms with Crippen LogP contribution in [0.2, 0.25) is 0 Å². The van der Waals surface area contributed by atoms with Gasteiger partial charge in [0.2, 0.25) is 0 Å². The molecule has 2 aliphatic rings. The minimum absolute atomic E-state index is 0.0341. The van der Waals surface area contributed by atoms with Crippen molar-refractivity contribution >= 4 is 37.9 Å². The third kappa shape index (κ3) is 4.48. The first-order chi connectivity index (χ1) is 17.0. The van der Waals surface area contributed by atoms with Crippen LogP contribution in [0.3, 0.4) is 0 Å². The molecule has 2 fully saturated rings. The highest BCUT2D eigenvalue weighted by atomic mass is 32.1. The summed E-state index contributed by atoms with van der Waals surface area (Å²) in [6.07, 6.45) is -4.84. The Hall–Kier alpha value is -3.65. The van der Waals surface area contributed by atoms with Gasteiger partial charge in [0, 0.05) is 50.9 Å². The van der Waals surface area contributed by atoms with E-state index in [4.69, 9.17) is 0 Å². The minimum Gasteiger partial charge on any atom is -0.347 e. The highest BCUT2D eigenvalue weighted by molar-refractivity contribution is 7.22. The van der Waals surface area contributed by atoms with Crippen molar-refractivity contribution in [2.75, 3.05) is 31.1 Å². The van der Waals surface area contributed by atoms with Gasteiger partial charge in [0.25, 0.3) is 16.9 Å². The number of nitro benzene ring substituents is 2. The van der Waals surface area contributed by atoms with Crippen LogP contribution in [0.4, 0.5) is 29.7 Å². The number of hydrogen-bond donors (Lipinski definition) is 0. The number of benzene rings is 2. The Morgan fingerprint density at radius 1 is 1.03 bits per heavy atom. The second-order valence-corrected chi connectivity index (χ2v) is 9.95. The van der Waals surface area contributed by atoms with Crippen molar-refractivity contribution in [3.05, 3.63) is 78.1 Å². The second kappa shape index (κ2) is 8.78. The topological polar surface area (TPSA) is 123 Å². The van der Waals surface area contributed by atoms with Crippen LogP contribution in [0.15, 0.2) is 41.2 Å². The molecule has 2 saturated heterocycles. The van der Waals surface area contributed by atoms with Crippen molar-refractivity contribution in [3.63, 3.8) is 0 Å². The Morgan fingerprint density at radius 3 is 2.33 bits per heavy atom. The first-order valence-corrected chi connectivity index (χ1v) is 11.7. The first kappa shape index (κ1) is 24.1. The molecule has 36 heavy (non-hydrogen) atoms. The van der Waals surface area contributed by atoms with Gasteiger partial charge in [-0.15, -0.1) is 0 Å². The fourth-order valence-corrected chi connectivity index (χ4v) is 6.06. The van der Waals surface area contributed by atoms with E-state index in [9.17, 15) is 38.2 Å². The summed E-state index contributed by atoms with van der Waals surface area (Å²) in [5, 5.41) is 22.3. The van der Waals surface area contributed by atoms with Crippen LogP contribution in [0.1, 0.15) is 11.1 Å². The Labute approximate surface area is 204 Å². The molecule has 3 aromatic rings. The fourth-order valence-electron chi connectivity index (χ4n) is 4.98. The lowest BCUT2D eigenvalue weighted by molar-refractivity contribution is -0.384. The van der Waals surface area contributed by atoms with Gasteiger partial charge in [-0.2, -0.15) is 18.2 Å². The molecule has 3 heterocycles. The summed E-state index contributed by atoms with van der Waals surface area (Å²) in [5.74, 6) is 0.456. The molecule has 0 saturated carbocycles. The molecule has 0 bridgehead atoms. The summed E-state index contributed by atoms with van der Waals surface area (Å²) in [5.41, 5.74) is -2.10. The number of hydrogen-bond acceptors (Lipinski definition) is 9. The molecule has 1 aromatic heterocycles. The SMILES string of the molecule is O=c1nc(N2CC3CN(Cc4cccc([N+](=O)[O-])c4)CC3C2)sc2c([N+](=O)[O-])cc(C(F)(F)F)cc12. The van der Waals surface area contributed by atoms with Gasteiger partial charge in [-0.1, -0.05) is 23.5 Å². The molecule has 0 spiro atoms. The summed E-state index contributed by atoms with van der Waals surface area (Å²) in [4.78, 5) is 41.8. The molecular formula is C22H18F3N5O5S. The van der Waals surface area contributed by atoms with Crippen molar-refractivity contribution in [1.29, 1.82) is 0 Å². The van der Waals surface area contributed by atoms with E-state index in [1.165, 1.54) is 6.07 Å². The van der Waals surface area contributed by atoms with E-state index in [1.807, 2.05) is 11.0 Å². The highest BCUT2D eigenvalue weighted by Crippen LogP contribution is 2.40.